The second kappa shape index (κ2) is 7.27. The van der Waals surface area contributed by atoms with E-state index in [4.69, 9.17) is 9.47 Å². The quantitative estimate of drug-likeness (QED) is 0.856. The van der Waals surface area contributed by atoms with Gasteiger partial charge in [0.2, 0.25) is 5.91 Å². The van der Waals surface area contributed by atoms with Gasteiger partial charge in [0.15, 0.2) is 0 Å². The first-order chi connectivity index (χ1) is 11.5. The Labute approximate surface area is 139 Å². The third-order valence-corrected chi connectivity index (χ3v) is 4.31. The Morgan fingerprint density at radius 1 is 1.33 bits per heavy atom. The van der Waals surface area contributed by atoms with Crippen LogP contribution in [0.25, 0.3) is 0 Å². The molecule has 1 aliphatic carbocycles. The van der Waals surface area contributed by atoms with Crippen molar-refractivity contribution in [3.05, 3.63) is 29.6 Å². The predicted octanol–water partition coefficient (Wildman–Crippen LogP) is 1.57. The van der Waals surface area contributed by atoms with E-state index in [0.717, 1.165) is 12.5 Å². The minimum absolute atomic E-state index is 0.0289. The molecule has 1 saturated carbocycles. The summed E-state index contributed by atoms with van der Waals surface area (Å²) in [6, 6.07) is 3.76. The molecule has 0 unspecified atom stereocenters. The predicted molar refractivity (Wildman–Crippen MR) is 85.2 cm³/mol. The lowest BCUT2D eigenvalue weighted by molar-refractivity contribution is -0.117. The van der Waals surface area contributed by atoms with Crippen molar-refractivity contribution in [2.75, 3.05) is 31.7 Å². The van der Waals surface area contributed by atoms with Crippen LogP contribution in [-0.2, 0) is 14.3 Å². The van der Waals surface area contributed by atoms with Crippen molar-refractivity contribution in [3.63, 3.8) is 0 Å². The fraction of sp³-hybridized carbons (Fsp3) is 0.529. The Kier molecular flexibility index (Phi) is 5.11. The minimum atomic E-state index is -0.532. The number of benzene rings is 1. The van der Waals surface area contributed by atoms with Crippen LogP contribution in [-0.4, -0.2) is 44.3 Å². The van der Waals surface area contributed by atoms with Crippen molar-refractivity contribution in [2.45, 2.75) is 19.4 Å². The van der Waals surface area contributed by atoms with Gasteiger partial charge in [-0.15, -0.1) is 0 Å². The number of nitrogens with one attached hydrogen (secondary N) is 2. The van der Waals surface area contributed by atoms with Crippen LogP contribution in [0.1, 0.15) is 23.7 Å². The molecule has 2 fully saturated rings. The number of halogens is 1. The van der Waals surface area contributed by atoms with E-state index < -0.39 is 11.7 Å². The third-order valence-electron chi connectivity index (χ3n) is 4.31. The number of rotatable bonds is 5. The Morgan fingerprint density at radius 3 is 2.79 bits per heavy atom. The first-order valence-corrected chi connectivity index (χ1v) is 8.12. The van der Waals surface area contributed by atoms with Gasteiger partial charge in [-0.3, -0.25) is 9.59 Å². The second-order valence-electron chi connectivity index (χ2n) is 6.28. The van der Waals surface area contributed by atoms with E-state index in [2.05, 4.69) is 10.6 Å². The fourth-order valence-corrected chi connectivity index (χ4v) is 2.68. The molecular weight excluding hydrogens is 315 g/mol. The zero-order valence-corrected chi connectivity index (χ0v) is 13.5. The number of ether oxygens (including phenoxy) is 2. The first kappa shape index (κ1) is 16.9. The summed E-state index contributed by atoms with van der Waals surface area (Å²) in [5.41, 5.74) is 0.423. The summed E-state index contributed by atoms with van der Waals surface area (Å²) in [5.74, 6) is -0.796. The van der Waals surface area contributed by atoms with Crippen LogP contribution in [0.3, 0.4) is 0 Å². The molecule has 6 nitrogen and oxygen atoms in total. The van der Waals surface area contributed by atoms with Gasteiger partial charge in [0.25, 0.3) is 5.91 Å². The Hall–Kier alpha value is -1.99. The van der Waals surface area contributed by atoms with Gasteiger partial charge in [0, 0.05) is 12.5 Å². The molecule has 2 amide bonds. The number of amides is 2. The zero-order chi connectivity index (χ0) is 17.1. The van der Waals surface area contributed by atoms with E-state index in [9.17, 15) is 14.0 Å². The highest BCUT2D eigenvalue weighted by Crippen LogP contribution is 2.38. The monoisotopic (exact) mass is 336 g/mol. The maximum Gasteiger partial charge on any atom is 0.253 e. The van der Waals surface area contributed by atoms with E-state index in [-0.39, 0.29) is 30.0 Å². The molecule has 3 atom stereocenters. The summed E-state index contributed by atoms with van der Waals surface area (Å²) in [7, 11) is 0. The number of hydrogen-bond donors (Lipinski definition) is 2. The molecule has 24 heavy (non-hydrogen) atoms. The van der Waals surface area contributed by atoms with Crippen LogP contribution >= 0.6 is 0 Å². The van der Waals surface area contributed by atoms with E-state index in [1.54, 1.807) is 0 Å². The van der Waals surface area contributed by atoms with E-state index in [1.165, 1.54) is 12.1 Å². The highest BCUT2D eigenvalue weighted by molar-refractivity contribution is 6.04. The van der Waals surface area contributed by atoms with Gasteiger partial charge >= 0.3 is 0 Å². The van der Waals surface area contributed by atoms with Crippen LogP contribution in [0.2, 0.25) is 0 Å². The summed E-state index contributed by atoms with van der Waals surface area (Å²) in [6.07, 6.45) is 0.620. The van der Waals surface area contributed by atoms with E-state index >= 15 is 0 Å². The van der Waals surface area contributed by atoms with Crippen molar-refractivity contribution >= 4 is 17.5 Å². The molecule has 7 heteroatoms. The summed E-state index contributed by atoms with van der Waals surface area (Å²) in [4.78, 5) is 24.4. The molecular formula is C17H21FN2O4. The van der Waals surface area contributed by atoms with Gasteiger partial charge in [-0.1, -0.05) is 6.92 Å². The number of carbonyl (C=O) groups excluding carboxylic acids is 2. The topological polar surface area (TPSA) is 76.7 Å². The molecule has 3 rings (SSSR count). The Bertz CT molecular complexity index is 631. The van der Waals surface area contributed by atoms with Crippen LogP contribution in [0.4, 0.5) is 10.1 Å². The van der Waals surface area contributed by atoms with Gasteiger partial charge in [-0.25, -0.2) is 4.39 Å². The zero-order valence-electron chi connectivity index (χ0n) is 13.5. The van der Waals surface area contributed by atoms with Crippen molar-refractivity contribution < 1.29 is 23.5 Å². The molecule has 2 N–H and O–H groups in total. The summed E-state index contributed by atoms with van der Waals surface area (Å²) in [5, 5.41) is 5.43. The van der Waals surface area contributed by atoms with Crippen molar-refractivity contribution in [3.8, 4) is 0 Å². The maximum absolute atomic E-state index is 13.5. The highest BCUT2D eigenvalue weighted by atomic mass is 19.1. The summed E-state index contributed by atoms with van der Waals surface area (Å²) < 4.78 is 24.3. The largest absolute Gasteiger partial charge is 0.376 e. The number of anilines is 1. The molecule has 1 heterocycles. The molecule has 0 aromatic heterocycles. The molecule has 1 aliphatic heterocycles. The molecule has 0 bridgehead atoms. The third kappa shape index (κ3) is 4.10. The molecule has 2 aliphatic rings. The second-order valence-corrected chi connectivity index (χ2v) is 6.28. The standard InChI is InChI=1S/C17H21FN2O4/c1-10-6-13(10)17(22)20-15-3-2-11(18)7-14(15)16(21)19-8-12-9-23-4-5-24-12/h2-3,7,10,12-13H,4-6,8-9H2,1H3,(H,19,21)(H,20,22)/t10-,12-,13-/m1/s1. The fourth-order valence-electron chi connectivity index (χ4n) is 2.68. The molecule has 0 radical (unpaired) electrons. The van der Waals surface area contributed by atoms with Crippen LogP contribution in [0.5, 0.6) is 0 Å². The van der Waals surface area contributed by atoms with E-state index in [1.807, 2.05) is 6.92 Å². The van der Waals surface area contributed by atoms with E-state index in [0.29, 0.717) is 31.4 Å². The van der Waals surface area contributed by atoms with Crippen LogP contribution in [0, 0.1) is 17.7 Å². The molecule has 1 aromatic carbocycles. The Morgan fingerprint density at radius 2 is 2.12 bits per heavy atom. The van der Waals surface area contributed by atoms with Crippen LogP contribution in [0.15, 0.2) is 18.2 Å². The smallest absolute Gasteiger partial charge is 0.253 e. The average molecular weight is 336 g/mol. The van der Waals surface area contributed by atoms with Gasteiger partial charge in [0.05, 0.1) is 37.2 Å². The lowest BCUT2D eigenvalue weighted by Crippen LogP contribution is -2.40. The molecule has 1 aromatic rings. The maximum atomic E-state index is 13.5. The lowest BCUT2D eigenvalue weighted by Gasteiger charge is -2.23. The molecule has 0 spiro atoms. The number of hydrogen-bond acceptors (Lipinski definition) is 4. The normalized spacial score (nSPS) is 25.8. The summed E-state index contributed by atoms with van der Waals surface area (Å²) in [6.45, 7) is 3.70. The van der Waals surface area contributed by atoms with Crippen molar-refractivity contribution in [1.29, 1.82) is 0 Å². The van der Waals surface area contributed by atoms with Crippen molar-refractivity contribution in [1.82, 2.24) is 5.32 Å². The first-order valence-electron chi connectivity index (χ1n) is 8.12. The van der Waals surface area contributed by atoms with Gasteiger partial charge in [-0.2, -0.15) is 0 Å². The molecule has 1 saturated heterocycles. The minimum Gasteiger partial charge on any atom is -0.376 e. The lowest BCUT2D eigenvalue weighted by atomic mass is 10.1. The van der Waals surface area contributed by atoms with Gasteiger partial charge < -0.3 is 20.1 Å². The SMILES string of the molecule is C[C@@H]1C[C@H]1C(=O)Nc1ccc(F)cc1C(=O)NC[C@@H]1COCCO1. The average Bonchev–Trinajstić information content (AvgIpc) is 3.32. The molecule has 130 valence electrons. The highest BCUT2D eigenvalue weighted by Gasteiger charge is 2.39. The number of carbonyl (C=O) groups is 2. The Balaban J connectivity index is 1.65. The van der Waals surface area contributed by atoms with Gasteiger partial charge in [-0.05, 0) is 30.5 Å². The van der Waals surface area contributed by atoms with Gasteiger partial charge in [0.1, 0.15) is 5.82 Å². The summed E-state index contributed by atoms with van der Waals surface area (Å²) >= 11 is 0. The van der Waals surface area contributed by atoms with Crippen molar-refractivity contribution in [2.24, 2.45) is 11.8 Å². The van der Waals surface area contributed by atoms with Crippen LogP contribution < -0.4 is 10.6 Å².